The highest BCUT2D eigenvalue weighted by atomic mass is 19.1. The third-order valence-corrected chi connectivity index (χ3v) is 6.07. The molecule has 0 aliphatic carbocycles. The van der Waals surface area contributed by atoms with E-state index in [1.807, 2.05) is 6.92 Å². The van der Waals surface area contributed by atoms with E-state index in [-0.39, 0.29) is 34.5 Å². The van der Waals surface area contributed by atoms with Crippen molar-refractivity contribution in [3.05, 3.63) is 63.7 Å². The van der Waals surface area contributed by atoms with Gasteiger partial charge in [-0.2, -0.15) is 0 Å². The smallest absolute Gasteiger partial charge is 0.341 e. The van der Waals surface area contributed by atoms with Crippen molar-refractivity contribution in [2.45, 2.75) is 26.3 Å². The molecule has 0 bridgehead atoms. The molecule has 7 nitrogen and oxygen atoms in total. The van der Waals surface area contributed by atoms with Gasteiger partial charge in [0.25, 0.3) is 0 Å². The van der Waals surface area contributed by atoms with E-state index in [0.717, 1.165) is 41.9 Å². The summed E-state index contributed by atoms with van der Waals surface area (Å²) in [6.07, 6.45) is 1.74. The number of benzene rings is 1. The molecule has 1 saturated heterocycles. The van der Waals surface area contributed by atoms with Crippen LogP contribution in [0.15, 0.2) is 35.3 Å². The number of aromatic nitrogens is 2. The molecule has 10 heteroatoms. The maximum absolute atomic E-state index is 15.1. The molecule has 1 aliphatic heterocycles. The highest BCUT2D eigenvalue weighted by Gasteiger charge is 2.30. The third-order valence-electron chi connectivity index (χ3n) is 6.07. The second-order valence-corrected chi connectivity index (χ2v) is 8.15. The molecular formula is C23H23F3N4O3. The number of hydrogen-bond donors (Lipinski definition) is 2. The maximum atomic E-state index is 15.1. The molecule has 2 aromatic heterocycles. The number of carboxylic acids is 1. The van der Waals surface area contributed by atoms with Gasteiger partial charge in [-0.25, -0.2) is 22.9 Å². The van der Waals surface area contributed by atoms with E-state index in [4.69, 9.17) is 0 Å². The van der Waals surface area contributed by atoms with Gasteiger partial charge in [-0.1, -0.05) is 6.92 Å². The summed E-state index contributed by atoms with van der Waals surface area (Å²) in [4.78, 5) is 30.4. The van der Waals surface area contributed by atoms with Crippen molar-refractivity contribution in [2.24, 2.45) is 5.92 Å². The van der Waals surface area contributed by atoms with Gasteiger partial charge in [0.1, 0.15) is 17.2 Å². The Kier molecular flexibility index (Phi) is 6.11. The van der Waals surface area contributed by atoms with E-state index in [2.05, 4.69) is 17.2 Å². The van der Waals surface area contributed by atoms with Crippen molar-refractivity contribution in [3.8, 4) is 5.69 Å². The van der Waals surface area contributed by atoms with E-state index in [1.54, 1.807) is 4.90 Å². The Morgan fingerprint density at radius 2 is 2.03 bits per heavy atom. The number of halogens is 3. The van der Waals surface area contributed by atoms with E-state index in [1.165, 1.54) is 0 Å². The number of pyridine rings is 2. The van der Waals surface area contributed by atoms with Crippen LogP contribution < -0.4 is 15.6 Å². The van der Waals surface area contributed by atoms with Crippen LogP contribution in [-0.2, 0) is 0 Å². The predicted molar refractivity (Wildman–Crippen MR) is 118 cm³/mol. The first-order chi connectivity index (χ1) is 15.7. The fraction of sp³-hybridized carbons (Fsp3) is 0.348. The standard InChI is InChI=1S/C23H23F3N4O3/c1-3-27-12(2)13-6-7-29(10-13)22-18(26)9-15-20(31)16(23(32)33)11-30(21(15)28-22)19-5-4-14(24)8-17(19)25/h4-5,8-9,11-13,27H,3,6-7,10H2,1-2H3,(H,32,33)/t12-,13+/m1/s1. The molecule has 2 atom stereocenters. The topological polar surface area (TPSA) is 87.5 Å². The molecule has 0 radical (unpaired) electrons. The normalized spacial score (nSPS) is 17.0. The van der Waals surface area contributed by atoms with Crippen molar-refractivity contribution < 1.29 is 23.1 Å². The second-order valence-electron chi connectivity index (χ2n) is 8.15. The minimum Gasteiger partial charge on any atom is -0.477 e. The summed E-state index contributed by atoms with van der Waals surface area (Å²) < 4.78 is 44.2. The van der Waals surface area contributed by atoms with Gasteiger partial charge < -0.3 is 15.3 Å². The molecular weight excluding hydrogens is 437 g/mol. The van der Waals surface area contributed by atoms with Crippen molar-refractivity contribution in [1.29, 1.82) is 0 Å². The zero-order chi connectivity index (χ0) is 23.9. The monoisotopic (exact) mass is 460 g/mol. The van der Waals surface area contributed by atoms with Crippen molar-refractivity contribution in [2.75, 3.05) is 24.5 Å². The highest BCUT2D eigenvalue weighted by molar-refractivity contribution is 5.92. The number of aromatic carboxylic acids is 1. The van der Waals surface area contributed by atoms with Gasteiger partial charge in [-0.3, -0.25) is 9.36 Å². The second kappa shape index (κ2) is 8.86. The number of fused-ring (bicyclic) bond motifs is 1. The lowest BCUT2D eigenvalue weighted by Crippen LogP contribution is -2.35. The van der Waals surface area contributed by atoms with Crippen molar-refractivity contribution in [1.82, 2.24) is 14.9 Å². The minimum atomic E-state index is -1.55. The highest BCUT2D eigenvalue weighted by Crippen LogP contribution is 2.29. The average molecular weight is 460 g/mol. The molecule has 1 fully saturated rings. The molecule has 3 heterocycles. The molecule has 4 rings (SSSR count). The number of carboxylic acid groups (broad SMARTS) is 1. The number of carbonyl (C=O) groups is 1. The van der Waals surface area contributed by atoms with Crippen LogP contribution in [0.2, 0.25) is 0 Å². The zero-order valence-corrected chi connectivity index (χ0v) is 18.1. The largest absolute Gasteiger partial charge is 0.477 e. The van der Waals surface area contributed by atoms with Crippen LogP contribution in [0.4, 0.5) is 19.0 Å². The Labute approximate surface area is 187 Å². The van der Waals surface area contributed by atoms with Gasteiger partial charge in [0.2, 0.25) is 5.43 Å². The molecule has 0 amide bonds. The Hall–Kier alpha value is -3.40. The van der Waals surface area contributed by atoms with Crippen molar-refractivity contribution >= 4 is 22.8 Å². The summed E-state index contributed by atoms with van der Waals surface area (Å²) in [5.41, 5.74) is -1.95. The summed E-state index contributed by atoms with van der Waals surface area (Å²) in [5, 5.41) is 12.5. The van der Waals surface area contributed by atoms with Crippen LogP contribution in [0.25, 0.3) is 16.7 Å². The summed E-state index contributed by atoms with van der Waals surface area (Å²) in [6.45, 7) is 5.95. The summed E-state index contributed by atoms with van der Waals surface area (Å²) >= 11 is 0. The Bertz CT molecular complexity index is 1290. The first kappa shape index (κ1) is 22.8. The van der Waals surface area contributed by atoms with Crippen LogP contribution >= 0.6 is 0 Å². The number of anilines is 1. The van der Waals surface area contributed by atoms with E-state index < -0.39 is 34.4 Å². The maximum Gasteiger partial charge on any atom is 0.341 e. The first-order valence-corrected chi connectivity index (χ1v) is 10.6. The molecule has 0 unspecified atom stereocenters. The molecule has 1 aliphatic rings. The Balaban J connectivity index is 1.89. The lowest BCUT2D eigenvalue weighted by Gasteiger charge is -2.22. The van der Waals surface area contributed by atoms with Gasteiger partial charge in [0.05, 0.1) is 11.1 Å². The molecule has 3 aromatic rings. The number of hydrogen-bond acceptors (Lipinski definition) is 5. The number of rotatable bonds is 6. The van der Waals surface area contributed by atoms with Crippen LogP contribution in [0, 0.1) is 23.4 Å². The van der Waals surface area contributed by atoms with Crippen LogP contribution in [-0.4, -0.2) is 46.3 Å². The zero-order valence-electron chi connectivity index (χ0n) is 18.1. The van der Waals surface area contributed by atoms with Gasteiger partial charge >= 0.3 is 5.97 Å². The van der Waals surface area contributed by atoms with Gasteiger partial charge in [-0.05, 0) is 44.0 Å². The average Bonchev–Trinajstić information content (AvgIpc) is 3.25. The molecule has 1 aromatic carbocycles. The molecule has 0 saturated carbocycles. The summed E-state index contributed by atoms with van der Waals surface area (Å²) in [5.74, 6) is -3.88. The van der Waals surface area contributed by atoms with Crippen molar-refractivity contribution in [3.63, 3.8) is 0 Å². The van der Waals surface area contributed by atoms with Crippen LogP contribution in [0.3, 0.4) is 0 Å². The Morgan fingerprint density at radius 1 is 1.27 bits per heavy atom. The number of nitrogens with one attached hydrogen (secondary N) is 1. The molecule has 174 valence electrons. The van der Waals surface area contributed by atoms with E-state index in [9.17, 15) is 23.5 Å². The predicted octanol–water partition coefficient (Wildman–Crippen LogP) is 3.33. The van der Waals surface area contributed by atoms with Gasteiger partial charge in [-0.15, -0.1) is 0 Å². The molecule has 0 spiro atoms. The minimum absolute atomic E-state index is 0.00700. The van der Waals surface area contributed by atoms with E-state index >= 15 is 4.39 Å². The van der Waals surface area contributed by atoms with Gasteiger partial charge in [0.15, 0.2) is 17.3 Å². The quantitative estimate of drug-likeness (QED) is 0.587. The SMILES string of the molecule is CCN[C@H](C)[C@H]1CCN(c2nc3c(cc2F)c(=O)c(C(=O)O)cn3-c2ccc(F)cc2F)C1. The summed E-state index contributed by atoms with van der Waals surface area (Å²) in [6, 6.07) is 3.89. The summed E-state index contributed by atoms with van der Waals surface area (Å²) in [7, 11) is 0. The third kappa shape index (κ3) is 4.18. The Morgan fingerprint density at radius 3 is 2.70 bits per heavy atom. The number of nitrogens with zero attached hydrogens (tertiary/aromatic N) is 3. The fourth-order valence-electron chi connectivity index (χ4n) is 4.33. The first-order valence-electron chi connectivity index (χ1n) is 10.6. The lowest BCUT2D eigenvalue weighted by atomic mass is 10.0. The lowest BCUT2D eigenvalue weighted by molar-refractivity contribution is 0.0695. The van der Waals surface area contributed by atoms with Crippen LogP contribution in [0.1, 0.15) is 30.6 Å². The van der Waals surface area contributed by atoms with E-state index in [0.29, 0.717) is 19.2 Å². The van der Waals surface area contributed by atoms with Crippen LogP contribution in [0.5, 0.6) is 0 Å². The molecule has 33 heavy (non-hydrogen) atoms. The van der Waals surface area contributed by atoms with Gasteiger partial charge in [0, 0.05) is 31.4 Å². The molecule has 2 N–H and O–H groups in total. The fourth-order valence-corrected chi connectivity index (χ4v) is 4.33.